The second-order valence-corrected chi connectivity index (χ2v) is 4.02. The van der Waals surface area contributed by atoms with Gasteiger partial charge in [0.15, 0.2) is 0 Å². The lowest BCUT2D eigenvalue weighted by molar-refractivity contribution is -0.160. The largest absolute Gasteiger partial charge is 0.481 e. The fraction of sp³-hybridized carbons (Fsp3) is 0.600. The van der Waals surface area contributed by atoms with Crippen molar-refractivity contribution in [3.05, 3.63) is 12.2 Å². The van der Waals surface area contributed by atoms with E-state index in [-0.39, 0.29) is 11.8 Å². The van der Waals surface area contributed by atoms with Crippen molar-refractivity contribution in [3.63, 3.8) is 0 Å². The third kappa shape index (κ3) is 1.22. The summed E-state index contributed by atoms with van der Waals surface area (Å²) in [6.45, 7) is 0. The highest BCUT2D eigenvalue weighted by Gasteiger charge is 2.48. The topological polar surface area (TPSA) is 74.6 Å². The molecular weight excluding hydrogens is 184 g/mol. The van der Waals surface area contributed by atoms with Gasteiger partial charge in [-0.15, -0.1) is 0 Å². The van der Waals surface area contributed by atoms with Crippen molar-refractivity contribution in [2.45, 2.75) is 12.8 Å². The number of carbonyl (C=O) groups is 2. The predicted molar refractivity (Wildman–Crippen MR) is 47.6 cm³/mol. The SMILES string of the molecule is O=C(O)[C@@H]1[C@@H](C(=O)O)[C@H]2C=C[C@H]1CC2. The summed E-state index contributed by atoms with van der Waals surface area (Å²) in [5.74, 6) is -3.57. The molecule has 14 heavy (non-hydrogen) atoms. The molecule has 0 aromatic carbocycles. The molecule has 4 atom stereocenters. The first-order valence-corrected chi connectivity index (χ1v) is 4.75. The minimum Gasteiger partial charge on any atom is -0.481 e. The number of allylic oxidation sites excluding steroid dienone is 2. The smallest absolute Gasteiger partial charge is 0.307 e. The molecule has 4 heteroatoms. The quantitative estimate of drug-likeness (QED) is 0.646. The molecule has 0 aliphatic heterocycles. The van der Waals surface area contributed by atoms with Gasteiger partial charge in [0.1, 0.15) is 0 Å². The summed E-state index contributed by atoms with van der Waals surface area (Å²) in [5, 5.41) is 18.0. The van der Waals surface area contributed by atoms with Gasteiger partial charge in [0.25, 0.3) is 0 Å². The molecule has 0 aromatic rings. The van der Waals surface area contributed by atoms with Crippen LogP contribution in [0.15, 0.2) is 12.2 Å². The Morgan fingerprint density at radius 2 is 1.29 bits per heavy atom. The Balaban J connectivity index is 2.33. The van der Waals surface area contributed by atoms with E-state index in [9.17, 15) is 9.59 Å². The average molecular weight is 196 g/mol. The molecule has 1 saturated carbocycles. The minimum absolute atomic E-state index is 0.0846. The van der Waals surface area contributed by atoms with Crippen LogP contribution in [0.5, 0.6) is 0 Å². The third-order valence-corrected chi connectivity index (χ3v) is 3.32. The van der Waals surface area contributed by atoms with Crippen molar-refractivity contribution < 1.29 is 19.8 Å². The van der Waals surface area contributed by atoms with E-state index < -0.39 is 23.8 Å². The molecule has 3 aliphatic carbocycles. The third-order valence-electron chi connectivity index (χ3n) is 3.32. The number of carboxylic acids is 2. The Labute approximate surface area is 81.2 Å². The van der Waals surface area contributed by atoms with E-state index in [0.717, 1.165) is 12.8 Å². The molecule has 4 nitrogen and oxygen atoms in total. The summed E-state index contributed by atoms with van der Waals surface area (Å²) < 4.78 is 0. The second kappa shape index (κ2) is 3.12. The van der Waals surface area contributed by atoms with Gasteiger partial charge in [-0.1, -0.05) is 12.2 Å². The fourth-order valence-electron chi connectivity index (χ4n) is 2.67. The van der Waals surface area contributed by atoms with Crippen molar-refractivity contribution >= 4 is 11.9 Å². The first-order chi connectivity index (χ1) is 6.61. The lowest BCUT2D eigenvalue weighted by Crippen LogP contribution is -2.45. The van der Waals surface area contributed by atoms with E-state index in [2.05, 4.69) is 0 Å². The molecular formula is C10H12O4. The van der Waals surface area contributed by atoms with Crippen LogP contribution in [0.25, 0.3) is 0 Å². The minimum atomic E-state index is -0.976. The predicted octanol–water partition coefficient (Wildman–Crippen LogP) is 0.984. The van der Waals surface area contributed by atoms with Gasteiger partial charge in [-0.25, -0.2) is 0 Å². The van der Waals surface area contributed by atoms with Crippen molar-refractivity contribution in [1.29, 1.82) is 0 Å². The Hall–Kier alpha value is -1.32. The van der Waals surface area contributed by atoms with E-state index in [1.54, 1.807) is 0 Å². The maximum Gasteiger partial charge on any atom is 0.307 e. The number of carboxylic acid groups (broad SMARTS) is 2. The number of rotatable bonds is 2. The van der Waals surface area contributed by atoms with Gasteiger partial charge < -0.3 is 10.2 Å². The van der Waals surface area contributed by atoms with E-state index in [0.29, 0.717) is 0 Å². The second-order valence-electron chi connectivity index (χ2n) is 4.02. The molecule has 0 radical (unpaired) electrons. The van der Waals surface area contributed by atoms with E-state index in [1.807, 2.05) is 12.2 Å². The molecule has 3 rings (SSSR count). The van der Waals surface area contributed by atoms with Gasteiger partial charge in [-0.2, -0.15) is 0 Å². The highest BCUT2D eigenvalue weighted by Crippen LogP contribution is 2.44. The molecule has 76 valence electrons. The van der Waals surface area contributed by atoms with Crippen molar-refractivity contribution in [2.75, 3.05) is 0 Å². The summed E-state index contributed by atoms with van der Waals surface area (Å²) in [5.41, 5.74) is 0. The summed E-state index contributed by atoms with van der Waals surface area (Å²) in [4.78, 5) is 21.9. The van der Waals surface area contributed by atoms with Crippen LogP contribution in [0, 0.1) is 23.7 Å². The first-order valence-electron chi connectivity index (χ1n) is 4.75. The first kappa shape index (κ1) is 9.24. The van der Waals surface area contributed by atoms with Gasteiger partial charge >= 0.3 is 11.9 Å². The maximum atomic E-state index is 11.0. The number of fused-ring (bicyclic) bond motifs is 2. The Bertz CT molecular complexity index is 277. The lowest BCUT2D eigenvalue weighted by atomic mass is 9.62. The Morgan fingerprint density at radius 1 is 0.929 bits per heavy atom. The molecule has 1 fully saturated rings. The molecule has 0 saturated heterocycles. The summed E-state index contributed by atoms with van der Waals surface area (Å²) in [6, 6.07) is 0. The summed E-state index contributed by atoms with van der Waals surface area (Å²) in [7, 11) is 0. The van der Waals surface area contributed by atoms with E-state index in [1.165, 1.54) is 0 Å². The van der Waals surface area contributed by atoms with E-state index in [4.69, 9.17) is 10.2 Å². The summed E-state index contributed by atoms with van der Waals surface area (Å²) in [6.07, 6.45) is 5.35. The fourth-order valence-corrected chi connectivity index (χ4v) is 2.67. The van der Waals surface area contributed by atoms with Crippen molar-refractivity contribution in [1.82, 2.24) is 0 Å². The molecule has 3 aliphatic rings. The molecule has 2 N–H and O–H groups in total. The van der Waals surface area contributed by atoms with Crippen LogP contribution in [0.2, 0.25) is 0 Å². The molecule has 0 spiro atoms. The lowest BCUT2D eigenvalue weighted by Gasteiger charge is -2.40. The number of hydrogen-bond donors (Lipinski definition) is 2. The zero-order valence-electron chi connectivity index (χ0n) is 7.59. The maximum absolute atomic E-state index is 11.0. The molecule has 0 heterocycles. The Kier molecular flexibility index (Phi) is 2.06. The van der Waals surface area contributed by atoms with Crippen LogP contribution < -0.4 is 0 Å². The van der Waals surface area contributed by atoms with Crippen LogP contribution in [0.1, 0.15) is 12.8 Å². The van der Waals surface area contributed by atoms with Gasteiger partial charge in [0, 0.05) is 0 Å². The summed E-state index contributed by atoms with van der Waals surface area (Å²) >= 11 is 0. The zero-order valence-corrected chi connectivity index (χ0v) is 7.59. The van der Waals surface area contributed by atoms with Crippen LogP contribution in [0.4, 0.5) is 0 Å². The molecule has 0 amide bonds. The monoisotopic (exact) mass is 196 g/mol. The van der Waals surface area contributed by atoms with Gasteiger partial charge in [-0.3, -0.25) is 9.59 Å². The highest BCUT2D eigenvalue weighted by atomic mass is 16.4. The van der Waals surface area contributed by atoms with Gasteiger partial charge in [-0.05, 0) is 24.7 Å². The van der Waals surface area contributed by atoms with Crippen molar-refractivity contribution in [2.24, 2.45) is 23.7 Å². The molecule has 2 bridgehead atoms. The van der Waals surface area contributed by atoms with Crippen LogP contribution in [0.3, 0.4) is 0 Å². The highest BCUT2D eigenvalue weighted by molar-refractivity contribution is 5.81. The zero-order chi connectivity index (χ0) is 10.3. The van der Waals surface area contributed by atoms with Crippen LogP contribution in [-0.4, -0.2) is 22.2 Å². The van der Waals surface area contributed by atoms with Crippen molar-refractivity contribution in [3.8, 4) is 0 Å². The number of hydrogen-bond acceptors (Lipinski definition) is 2. The average Bonchev–Trinajstić information content (AvgIpc) is 2.17. The Morgan fingerprint density at radius 3 is 1.50 bits per heavy atom. The molecule has 0 aromatic heterocycles. The normalized spacial score (nSPS) is 39.7. The van der Waals surface area contributed by atoms with E-state index >= 15 is 0 Å². The van der Waals surface area contributed by atoms with Gasteiger partial charge in [0.05, 0.1) is 11.8 Å². The number of aliphatic carboxylic acids is 2. The standard InChI is InChI=1S/C10H12O4/c11-9(12)7-5-1-2-6(4-3-5)8(7)10(13)14/h1-2,5-8H,3-4H2,(H,11,12)(H,13,14)/t5-,6-,7-,8-/m0/s1. The van der Waals surface area contributed by atoms with Crippen LogP contribution in [-0.2, 0) is 9.59 Å². The molecule has 0 unspecified atom stereocenters. The van der Waals surface area contributed by atoms with Gasteiger partial charge in [0.2, 0.25) is 0 Å². The van der Waals surface area contributed by atoms with Crippen LogP contribution >= 0.6 is 0 Å².